The average molecular weight is 292 g/mol. The van der Waals surface area contributed by atoms with Crippen LogP contribution in [0.2, 0.25) is 0 Å². The molecule has 1 N–H and O–H groups in total. The molecule has 2 aliphatic rings. The fourth-order valence-electron chi connectivity index (χ4n) is 3.80. The molecule has 2 nitrogen and oxygen atoms in total. The van der Waals surface area contributed by atoms with Gasteiger partial charge in [-0.2, -0.15) is 0 Å². The van der Waals surface area contributed by atoms with Gasteiger partial charge in [0.15, 0.2) is 0 Å². The molecule has 1 aromatic rings. The molecular weight excluding hydrogens is 264 g/mol. The van der Waals surface area contributed by atoms with Gasteiger partial charge in [0.1, 0.15) is 0 Å². The van der Waals surface area contributed by atoms with Gasteiger partial charge in [0.05, 0.1) is 10.7 Å². The summed E-state index contributed by atoms with van der Waals surface area (Å²) >= 11 is 2.03. The second kappa shape index (κ2) is 6.57. The van der Waals surface area contributed by atoms with Gasteiger partial charge in [-0.1, -0.05) is 20.3 Å². The fourth-order valence-corrected chi connectivity index (χ4v) is 5.17. The SMILES string of the molecule is CCCNC1CCCc2nc(C3CCC(CC)C3)sc21. The third-order valence-electron chi connectivity index (χ3n) is 5.08. The van der Waals surface area contributed by atoms with Crippen molar-refractivity contribution in [1.82, 2.24) is 10.3 Å². The summed E-state index contributed by atoms with van der Waals surface area (Å²) in [4.78, 5) is 6.61. The molecule has 0 bridgehead atoms. The number of aromatic nitrogens is 1. The van der Waals surface area contributed by atoms with Gasteiger partial charge in [-0.05, 0) is 57.4 Å². The fraction of sp³-hybridized carbons (Fsp3) is 0.824. The Hall–Kier alpha value is -0.410. The van der Waals surface area contributed by atoms with Crippen LogP contribution in [0.5, 0.6) is 0 Å². The predicted molar refractivity (Wildman–Crippen MR) is 86.5 cm³/mol. The molecule has 0 spiro atoms. The highest BCUT2D eigenvalue weighted by Gasteiger charge is 2.30. The van der Waals surface area contributed by atoms with E-state index in [1.807, 2.05) is 11.3 Å². The quantitative estimate of drug-likeness (QED) is 0.842. The smallest absolute Gasteiger partial charge is 0.0962 e. The monoisotopic (exact) mass is 292 g/mol. The molecular formula is C17H28N2S. The van der Waals surface area contributed by atoms with E-state index >= 15 is 0 Å². The van der Waals surface area contributed by atoms with E-state index in [1.165, 1.54) is 62.1 Å². The van der Waals surface area contributed by atoms with E-state index in [4.69, 9.17) is 4.98 Å². The molecule has 3 atom stereocenters. The number of nitrogens with one attached hydrogen (secondary N) is 1. The Morgan fingerprint density at radius 2 is 2.15 bits per heavy atom. The number of fused-ring (bicyclic) bond motifs is 1. The van der Waals surface area contributed by atoms with Crippen LogP contribution in [-0.4, -0.2) is 11.5 Å². The zero-order valence-electron chi connectivity index (χ0n) is 13.0. The molecule has 2 aliphatic carbocycles. The van der Waals surface area contributed by atoms with Gasteiger partial charge in [-0.3, -0.25) is 0 Å². The van der Waals surface area contributed by atoms with Crippen molar-refractivity contribution in [3.63, 3.8) is 0 Å². The largest absolute Gasteiger partial charge is 0.309 e. The van der Waals surface area contributed by atoms with Gasteiger partial charge in [-0.15, -0.1) is 11.3 Å². The van der Waals surface area contributed by atoms with Crippen LogP contribution in [0.25, 0.3) is 0 Å². The zero-order valence-corrected chi connectivity index (χ0v) is 13.8. The van der Waals surface area contributed by atoms with Gasteiger partial charge < -0.3 is 5.32 Å². The van der Waals surface area contributed by atoms with Crippen molar-refractivity contribution >= 4 is 11.3 Å². The summed E-state index contributed by atoms with van der Waals surface area (Å²) in [6.45, 7) is 5.72. The van der Waals surface area contributed by atoms with Crippen LogP contribution in [0.4, 0.5) is 0 Å². The first-order valence-electron chi connectivity index (χ1n) is 8.54. The Morgan fingerprint density at radius 3 is 2.90 bits per heavy atom. The van der Waals surface area contributed by atoms with Crippen LogP contribution in [0, 0.1) is 5.92 Å². The van der Waals surface area contributed by atoms with Crippen LogP contribution < -0.4 is 5.32 Å². The summed E-state index contributed by atoms with van der Waals surface area (Å²) < 4.78 is 0. The van der Waals surface area contributed by atoms with E-state index in [9.17, 15) is 0 Å². The van der Waals surface area contributed by atoms with Crippen LogP contribution in [0.3, 0.4) is 0 Å². The van der Waals surface area contributed by atoms with Crippen LogP contribution >= 0.6 is 11.3 Å². The van der Waals surface area contributed by atoms with Crippen molar-refractivity contribution in [1.29, 1.82) is 0 Å². The molecule has 3 heteroatoms. The second-order valence-corrected chi connectivity index (χ2v) is 7.61. The zero-order chi connectivity index (χ0) is 13.9. The summed E-state index contributed by atoms with van der Waals surface area (Å²) in [5.41, 5.74) is 1.42. The Kier molecular flexibility index (Phi) is 4.77. The molecule has 1 aromatic heterocycles. The van der Waals surface area contributed by atoms with E-state index in [2.05, 4.69) is 19.2 Å². The lowest BCUT2D eigenvalue weighted by atomic mass is 9.98. The molecule has 1 fully saturated rings. The summed E-state index contributed by atoms with van der Waals surface area (Å²) in [5, 5.41) is 5.18. The summed E-state index contributed by atoms with van der Waals surface area (Å²) in [7, 11) is 0. The van der Waals surface area contributed by atoms with Crippen molar-refractivity contribution in [2.45, 2.75) is 77.2 Å². The Labute approximate surface area is 127 Å². The summed E-state index contributed by atoms with van der Waals surface area (Å²) in [6.07, 6.45) is 10.6. The third kappa shape index (κ3) is 2.94. The second-order valence-electron chi connectivity index (χ2n) is 6.55. The summed E-state index contributed by atoms with van der Waals surface area (Å²) in [5.74, 6) is 1.72. The minimum atomic E-state index is 0.591. The van der Waals surface area contributed by atoms with Crippen molar-refractivity contribution in [3.05, 3.63) is 15.6 Å². The van der Waals surface area contributed by atoms with Crippen molar-refractivity contribution in [2.24, 2.45) is 5.92 Å². The van der Waals surface area contributed by atoms with Crippen molar-refractivity contribution in [2.75, 3.05) is 6.54 Å². The maximum absolute atomic E-state index is 5.04. The third-order valence-corrected chi connectivity index (χ3v) is 6.45. The van der Waals surface area contributed by atoms with E-state index in [0.717, 1.165) is 18.4 Å². The molecule has 1 heterocycles. The van der Waals surface area contributed by atoms with E-state index in [0.29, 0.717) is 6.04 Å². The molecule has 0 amide bonds. The molecule has 0 aliphatic heterocycles. The van der Waals surface area contributed by atoms with Gasteiger partial charge in [-0.25, -0.2) is 4.98 Å². The first-order valence-corrected chi connectivity index (χ1v) is 9.36. The minimum absolute atomic E-state index is 0.591. The highest BCUT2D eigenvalue weighted by Crippen LogP contribution is 2.44. The van der Waals surface area contributed by atoms with Gasteiger partial charge in [0.2, 0.25) is 0 Å². The lowest BCUT2D eigenvalue weighted by molar-refractivity contribution is 0.464. The van der Waals surface area contributed by atoms with E-state index in [-0.39, 0.29) is 0 Å². The molecule has 0 radical (unpaired) electrons. The van der Waals surface area contributed by atoms with Crippen LogP contribution in [-0.2, 0) is 6.42 Å². The lowest BCUT2D eigenvalue weighted by Gasteiger charge is -2.22. The summed E-state index contributed by atoms with van der Waals surface area (Å²) in [6, 6.07) is 0.591. The van der Waals surface area contributed by atoms with E-state index < -0.39 is 0 Å². The highest BCUT2D eigenvalue weighted by molar-refractivity contribution is 7.12. The molecule has 0 saturated heterocycles. The number of hydrogen-bond acceptors (Lipinski definition) is 3. The first-order chi connectivity index (χ1) is 9.81. The van der Waals surface area contributed by atoms with Gasteiger partial charge in [0, 0.05) is 16.8 Å². The number of nitrogens with zero attached hydrogens (tertiary/aromatic N) is 1. The molecule has 112 valence electrons. The maximum Gasteiger partial charge on any atom is 0.0962 e. The highest BCUT2D eigenvalue weighted by atomic mass is 32.1. The van der Waals surface area contributed by atoms with Crippen LogP contribution in [0.15, 0.2) is 0 Å². The van der Waals surface area contributed by atoms with E-state index in [1.54, 1.807) is 4.88 Å². The topological polar surface area (TPSA) is 24.9 Å². The maximum atomic E-state index is 5.04. The Bertz CT molecular complexity index is 440. The van der Waals surface area contributed by atoms with Crippen molar-refractivity contribution < 1.29 is 0 Å². The first kappa shape index (κ1) is 14.5. The van der Waals surface area contributed by atoms with Gasteiger partial charge in [0.25, 0.3) is 0 Å². The van der Waals surface area contributed by atoms with Crippen molar-refractivity contribution in [3.8, 4) is 0 Å². The molecule has 0 aromatic carbocycles. The van der Waals surface area contributed by atoms with Crippen LogP contribution in [0.1, 0.15) is 86.3 Å². The molecule has 3 unspecified atom stereocenters. The molecule has 3 rings (SSSR count). The normalized spacial score (nSPS) is 29.6. The number of hydrogen-bond donors (Lipinski definition) is 1. The predicted octanol–water partition coefficient (Wildman–Crippen LogP) is 4.81. The number of thiazole rings is 1. The van der Waals surface area contributed by atoms with Gasteiger partial charge >= 0.3 is 0 Å². The molecule has 1 saturated carbocycles. The molecule has 20 heavy (non-hydrogen) atoms. The lowest BCUT2D eigenvalue weighted by Crippen LogP contribution is -2.24. The number of rotatable bonds is 5. The standard InChI is InChI=1S/C17H28N2S/c1-3-10-18-14-6-5-7-15-16(14)20-17(19-15)13-9-8-12(4-2)11-13/h12-14,18H,3-11H2,1-2H3. The number of aryl methyl sites for hydroxylation is 1. The average Bonchev–Trinajstić information content (AvgIpc) is 3.10. The minimum Gasteiger partial charge on any atom is -0.309 e. The Morgan fingerprint density at radius 1 is 1.25 bits per heavy atom. The Balaban J connectivity index is 1.74.